The molecular weight excluding hydrogens is 464 g/mol. The van der Waals surface area contributed by atoms with E-state index < -0.39 is 11.1 Å². The Balaban J connectivity index is 1.45. The molecule has 3 aromatic rings. The first kappa shape index (κ1) is 23.7. The molecule has 5 rings (SSSR count). The van der Waals surface area contributed by atoms with Gasteiger partial charge in [0.1, 0.15) is 23.2 Å². The minimum atomic E-state index is -1.06. The quantitative estimate of drug-likeness (QED) is 0.182. The molecule has 3 unspecified atom stereocenters. The van der Waals surface area contributed by atoms with Gasteiger partial charge in [-0.2, -0.15) is 0 Å². The van der Waals surface area contributed by atoms with Gasteiger partial charge in [0.25, 0.3) is 0 Å². The first-order chi connectivity index (χ1) is 17.0. The summed E-state index contributed by atoms with van der Waals surface area (Å²) in [5.41, 5.74) is 2.27. The molecule has 0 fully saturated rings. The zero-order chi connectivity index (χ0) is 24.6. The maximum absolute atomic E-state index is 12.9. The molecular formula is C28H29ClN2O4. The topological polar surface area (TPSA) is 60.0 Å². The highest BCUT2D eigenvalue weighted by Crippen LogP contribution is 2.56. The van der Waals surface area contributed by atoms with E-state index in [9.17, 15) is 4.79 Å². The Morgan fingerprint density at radius 2 is 1.66 bits per heavy atom. The van der Waals surface area contributed by atoms with Gasteiger partial charge in [0, 0.05) is 28.4 Å². The Kier molecular flexibility index (Phi) is 6.45. The summed E-state index contributed by atoms with van der Waals surface area (Å²) >= 11 is 6.56. The highest BCUT2D eigenvalue weighted by molar-refractivity contribution is 6.21. The molecule has 1 spiro atoms. The van der Waals surface area contributed by atoms with E-state index in [2.05, 4.69) is 24.1 Å². The van der Waals surface area contributed by atoms with Crippen LogP contribution in [0.4, 0.5) is 5.69 Å². The molecule has 35 heavy (non-hydrogen) atoms. The number of para-hydroxylation sites is 1. The molecule has 0 amide bonds. The van der Waals surface area contributed by atoms with Crippen molar-refractivity contribution in [3.8, 4) is 11.5 Å². The zero-order valence-corrected chi connectivity index (χ0v) is 20.8. The minimum absolute atomic E-state index is 0.0200. The monoisotopic (exact) mass is 492 g/mol. The number of rotatable bonds is 8. The van der Waals surface area contributed by atoms with E-state index in [4.69, 9.17) is 25.8 Å². The third-order valence-electron chi connectivity index (χ3n) is 6.75. The van der Waals surface area contributed by atoms with Crippen molar-refractivity contribution in [2.75, 3.05) is 25.0 Å². The zero-order valence-electron chi connectivity index (χ0n) is 20.1. The largest absolute Gasteiger partial charge is 0.456 e. The number of nitrogens with one attached hydrogen (secondary N) is 1. The number of hydrogen-bond acceptors (Lipinski definition) is 6. The van der Waals surface area contributed by atoms with Gasteiger partial charge in [-0.25, -0.2) is 4.79 Å². The molecule has 2 aliphatic rings. The van der Waals surface area contributed by atoms with Crippen LogP contribution in [0.3, 0.4) is 0 Å². The van der Waals surface area contributed by atoms with Crippen molar-refractivity contribution in [3.05, 3.63) is 89.0 Å². The third-order valence-corrected chi connectivity index (χ3v) is 6.99. The summed E-state index contributed by atoms with van der Waals surface area (Å²) in [4.78, 5) is 15.1. The fourth-order valence-electron chi connectivity index (χ4n) is 5.00. The van der Waals surface area contributed by atoms with E-state index in [-0.39, 0.29) is 12.2 Å². The molecule has 2 heterocycles. The summed E-state index contributed by atoms with van der Waals surface area (Å²) in [6, 6.07) is 21.0. The second-order valence-electron chi connectivity index (χ2n) is 8.69. The first-order valence-corrected chi connectivity index (χ1v) is 12.4. The Bertz CT molecular complexity index is 1250. The Morgan fingerprint density at radius 1 is 0.971 bits per heavy atom. The van der Waals surface area contributed by atoms with E-state index >= 15 is 0 Å². The molecule has 3 aromatic carbocycles. The molecule has 7 heteroatoms. The maximum Gasteiger partial charge on any atom is 0.340 e. The van der Waals surface area contributed by atoms with Crippen LogP contribution in [0.1, 0.15) is 47.8 Å². The SMILES string of the molecule is CCN(CC)C(C)OCC(Cl)Nc1ccc2c(c1)Oc1ccccc1C21OC(=O)c2ccccc21. The van der Waals surface area contributed by atoms with Gasteiger partial charge in [0.05, 0.1) is 12.2 Å². The Hall–Kier alpha value is -3.06. The number of esters is 1. The molecule has 0 aliphatic carbocycles. The number of ether oxygens (including phenoxy) is 3. The molecule has 0 aromatic heterocycles. The smallest absolute Gasteiger partial charge is 0.340 e. The molecule has 6 nitrogen and oxygen atoms in total. The van der Waals surface area contributed by atoms with E-state index in [1.165, 1.54) is 0 Å². The second kappa shape index (κ2) is 9.53. The van der Waals surface area contributed by atoms with Crippen LogP contribution in [0.2, 0.25) is 0 Å². The van der Waals surface area contributed by atoms with E-state index in [0.717, 1.165) is 35.5 Å². The first-order valence-electron chi connectivity index (χ1n) is 12.0. The average molecular weight is 493 g/mol. The highest BCUT2D eigenvalue weighted by atomic mass is 35.5. The van der Waals surface area contributed by atoms with Gasteiger partial charge < -0.3 is 19.5 Å². The number of benzene rings is 3. The average Bonchev–Trinajstić information content (AvgIpc) is 3.16. The van der Waals surface area contributed by atoms with Crippen molar-refractivity contribution in [1.29, 1.82) is 0 Å². The summed E-state index contributed by atoms with van der Waals surface area (Å²) in [5, 5.41) is 3.29. The fraction of sp³-hybridized carbons (Fsp3) is 0.321. The Labute approximate surface area is 210 Å². The van der Waals surface area contributed by atoms with Crippen molar-refractivity contribution >= 4 is 23.3 Å². The number of carbonyl (C=O) groups is 1. The van der Waals surface area contributed by atoms with Crippen LogP contribution in [0.25, 0.3) is 0 Å². The molecule has 0 saturated heterocycles. The number of anilines is 1. The van der Waals surface area contributed by atoms with Crippen molar-refractivity contribution in [1.82, 2.24) is 4.90 Å². The number of nitrogens with zero attached hydrogens (tertiary/aromatic N) is 1. The minimum Gasteiger partial charge on any atom is -0.456 e. The van der Waals surface area contributed by atoms with Crippen LogP contribution in [0.5, 0.6) is 11.5 Å². The molecule has 0 radical (unpaired) electrons. The van der Waals surface area contributed by atoms with Crippen LogP contribution < -0.4 is 10.1 Å². The van der Waals surface area contributed by atoms with Crippen LogP contribution in [-0.4, -0.2) is 42.3 Å². The van der Waals surface area contributed by atoms with Crippen LogP contribution in [0, 0.1) is 0 Å². The van der Waals surface area contributed by atoms with E-state index in [1.807, 2.05) is 67.6 Å². The number of alkyl halides is 1. The predicted molar refractivity (Wildman–Crippen MR) is 136 cm³/mol. The van der Waals surface area contributed by atoms with Gasteiger partial charge in [-0.05, 0) is 44.3 Å². The summed E-state index contributed by atoms with van der Waals surface area (Å²) in [7, 11) is 0. The summed E-state index contributed by atoms with van der Waals surface area (Å²) in [6.07, 6.45) is -0.0200. The Morgan fingerprint density at radius 3 is 2.43 bits per heavy atom. The standard InChI is InChI=1S/C28H29ClN2O4/c1-4-31(5-2)18(3)33-17-26(29)30-19-14-15-23-25(16-19)34-24-13-9-8-12-22(24)28(23)21-11-7-6-10-20(21)27(32)35-28/h6-16,18,26,30H,4-5,17H2,1-3H3. The van der Waals surface area contributed by atoms with Crippen LogP contribution >= 0.6 is 11.6 Å². The van der Waals surface area contributed by atoms with Crippen molar-refractivity contribution < 1.29 is 19.0 Å². The van der Waals surface area contributed by atoms with E-state index in [0.29, 0.717) is 23.7 Å². The van der Waals surface area contributed by atoms with Crippen LogP contribution in [0.15, 0.2) is 66.7 Å². The molecule has 0 saturated carbocycles. The molecule has 0 bridgehead atoms. The second-order valence-corrected chi connectivity index (χ2v) is 9.22. The lowest BCUT2D eigenvalue weighted by Gasteiger charge is -2.36. The highest BCUT2D eigenvalue weighted by Gasteiger charge is 2.53. The van der Waals surface area contributed by atoms with Crippen molar-refractivity contribution in [3.63, 3.8) is 0 Å². The van der Waals surface area contributed by atoms with Gasteiger partial charge in [0.15, 0.2) is 5.60 Å². The number of hydrogen-bond donors (Lipinski definition) is 1. The van der Waals surface area contributed by atoms with Gasteiger partial charge >= 0.3 is 5.97 Å². The molecule has 182 valence electrons. The van der Waals surface area contributed by atoms with Gasteiger partial charge in [-0.3, -0.25) is 4.90 Å². The third kappa shape index (κ3) is 4.05. The maximum atomic E-state index is 12.9. The molecule has 1 N–H and O–H groups in total. The predicted octanol–water partition coefficient (Wildman–Crippen LogP) is 5.94. The number of fused-ring (bicyclic) bond motifs is 6. The van der Waals surface area contributed by atoms with Crippen molar-refractivity contribution in [2.45, 2.75) is 38.1 Å². The van der Waals surface area contributed by atoms with Gasteiger partial charge in [-0.1, -0.05) is 61.8 Å². The lowest BCUT2D eigenvalue weighted by Crippen LogP contribution is -2.36. The fourth-order valence-corrected chi connectivity index (χ4v) is 5.20. The molecule has 3 atom stereocenters. The number of halogens is 1. The van der Waals surface area contributed by atoms with Crippen LogP contribution in [-0.2, 0) is 15.1 Å². The van der Waals surface area contributed by atoms with Gasteiger partial charge in [0.2, 0.25) is 0 Å². The normalized spacial score (nSPS) is 19.4. The molecule has 2 aliphatic heterocycles. The summed E-state index contributed by atoms with van der Waals surface area (Å²) in [6.45, 7) is 8.42. The summed E-state index contributed by atoms with van der Waals surface area (Å²) < 4.78 is 18.4. The summed E-state index contributed by atoms with van der Waals surface area (Å²) in [5.74, 6) is 0.922. The lowest BCUT2D eigenvalue weighted by molar-refractivity contribution is -0.0409. The van der Waals surface area contributed by atoms with Gasteiger partial charge in [-0.15, -0.1) is 0 Å². The number of carbonyl (C=O) groups excluding carboxylic acids is 1. The lowest BCUT2D eigenvalue weighted by atomic mass is 9.77. The van der Waals surface area contributed by atoms with Crippen molar-refractivity contribution in [2.24, 2.45) is 0 Å². The van der Waals surface area contributed by atoms with E-state index in [1.54, 1.807) is 6.07 Å².